The highest BCUT2D eigenvalue weighted by atomic mass is 79.9. The van der Waals surface area contributed by atoms with Crippen molar-refractivity contribution in [3.63, 3.8) is 0 Å². The summed E-state index contributed by atoms with van der Waals surface area (Å²) in [5.74, 6) is 0. The van der Waals surface area contributed by atoms with Gasteiger partial charge < -0.3 is 0 Å². The van der Waals surface area contributed by atoms with Crippen molar-refractivity contribution in [3.05, 3.63) is 44.7 Å². The predicted molar refractivity (Wildman–Crippen MR) is 73.1 cm³/mol. The van der Waals surface area contributed by atoms with Gasteiger partial charge in [0.25, 0.3) is 5.69 Å². The highest BCUT2D eigenvalue weighted by molar-refractivity contribution is 9.10. The Balaban J connectivity index is 2.39. The van der Waals surface area contributed by atoms with Crippen molar-refractivity contribution in [2.24, 2.45) is 0 Å². The van der Waals surface area contributed by atoms with Crippen molar-refractivity contribution < 1.29 is 4.92 Å². The molecule has 0 radical (unpaired) electrons. The largest absolute Gasteiger partial charge is 0.283 e. The fraction of sp³-hybridized carbons (Fsp3) is 0.200. The molecule has 0 aliphatic rings. The number of hydrogen-bond donors (Lipinski definition) is 0. The molecule has 1 atom stereocenters. The van der Waals surface area contributed by atoms with Gasteiger partial charge in [-0.05, 0) is 35.0 Å². The predicted octanol–water partition coefficient (Wildman–Crippen LogP) is 3.39. The first-order valence-corrected chi connectivity index (χ1v) is 6.70. The van der Waals surface area contributed by atoms with Gasteiger partial charge in [0.15, 0.2) is 0 Å². The van der Waals surface area contributed by atoms with Crippen molar-refractivity contribution in [2.45, 2.75) is 11.8 Å². The van der Waals surface area contributed by atoms with Crippen molar-refractivity contribution in [1.82, 2.24) is 15.0 Å². The number of nitro benzene ring substituents is 1. The highest BCUT2D eigenvalue weighted by Crippen LogP contribution is 2.27. The zero-order chi connectivity index (χ0) is 13.3. The zero-order valence-corrected chi connectivity index (χ0v) is 12.4. The second-order valence-electron chi connectivity index (χ2n) is 3.60. The Labute approximate surface area is 119 Å². The molecule has 1 unspecified atom stereocenters. The Morgan fingerprint density at radius 3 is 2.72 bits per heavy atom. The van der Waals surface area contributed by atoms with Gasteiger partial charge in [0, 0.05) is 6.07 Å². The van der Waals surface area contributed by atoms with Gasteiger partial charge in [0.1, 0.15) is 0 Å². The highest BCUT2D eigenvalue weighted by Gasteiger charge is 2.13. The second kappa shape index (κ2) is 5.15. The lowest BCUT2D eigenvalue weighted by Gasteiger charge is -2.01. The number of hydrogen-bond acceptors (Lipinski definition) is 4. The van der Waals surface area contributed by atoms with Crippen molar-refractivity contribution in [2.75, 3.05) is 0 Å². The lowest BCUT2D eigenvalue weighted by molar-refractivity contribution is -0.385. The molecular weight excluding hydrogens is 368 g/mol. The van der Waals surface area contributed by atoms with Crippen LogP contribution in [0.2, 0.25) is 0 Å². The third-order valence-corrected chi connectivity index (χ3v) is 3.42. The molecule has 2 aromatic rings. The van der Waals surface area contributed by atoms with E-state index in [-0.39, 0.29) is 10.5 Å². The topological polar surface area (TPSA) is 73.8 Å². The van der Waals surface area contributed by atoms with E-state index in [0.29, 0.717) is 10.2 Å². The molecule has 0 aliphatic carbocycles. The Kier molecular flexibility index (Phi) is 3.76. The molecule has 2 rings (SSSR count). The summed E-state index contributed by atoms with van der Waals surface area (Å²) in [7, 11) is 0. The van der Waals surface area contributed by atoms with E-state index in [2.05, 4.69) is 42.2 Å². The van der Waals surface area contributed by atoms with E-state index in [1.165, 1.54) is 6.07 Å². The summed E-state index contributed by atoms with van der Waals surface area (Å²) in [6.45, 7) is 1.94. The van der Waals surface area contributed by atoms with Crippen LogP contribution in [0.3, 0.4) is 0 Å². The normalized spacial score (nSPS) is 12.4. The minimum Gasteiger partial charge on any atom is -0.258 e. The summed E-state index contributed by atoms with van der Waals surface area (Å²) in [5.41, 5.74) is 1.52. The van der Waals surface area contributed by atoms with Crippen LogP contribution in [0.25, 0.3) is 5.69 Å². The minimum absolute atomic E-state index is 0.0212. The van der Waals surface area contributed by atoms with Crippen molar-refractivity contribution >= 4 is 37.5 Å². The molecule has 1 aromatic heterocycles. The SMILES string of the molecule is CC(Br)c1cn(-c2ccc([N+](=O)[O-])c(Br)c2)nn1. The van der Waals surface area contributed by atoms with E-state index in [0.717, 1.165) is 5.69 Å². The van der Waals surface area contributed by atoms with E-state index in [4.69, 9.17) is 0 Å². The monoisotopic (exact) mass is 374 g/mol. The maximum atomic E-state index is 10.7. The lowest BCUT2D eigenvalue weighted by Crippen LogP contribution is -1.96. The smallest absolute Gasteiger partial charge is 0.258 e. The molecule has 1 heterocycles. The summed E-state index contributed by atoms with van der Waals surface area (Å²) < 4.78 is 1.98. The summed E-state index contributed by atoms with van der Waals surface area (Å²) in [6.07, 6.45) is 1.77. The van der Waals surface area contributed by atoms with Gasteiger partial charge in [-0.25, -0.2) is 4.68 Å². The summed E-state index contributed by atoms with van der Waals surface area (Å²) >= 11 is 6.57. The molecule has 0 saturated carbocycles. The van der Waals surface area contributed by atoms with E-state index >= 15 is 0 Å². The van der Waals surface area contributed by atoms with E-state index in [1.807, 2.05) is 6.92 Å². The van der Waals surface area contributed by atoms with E-state index < -0.39 is 4.92 Å². The van der Waals surface area contributed by atoms with Crippen LogP contribution in [0.5, 0.6) is 0 Å². The van der Waals surface area contributed by atoms with Crippen LogP contribution in [0.15, 0.2) is 28.9 Å². The second-order valence-corrected chi connectivity index (χ2v) is 5.82. The quantitative estimate of drug-likeness (QED) is 0.468. The van der Waals surface area contributed by atoms with Gasteiger partial charge in [0.2, 0.25) is 0 Å². The molecule has 1 aromatic carbocycles. The first-order chi connectivity index (χ1) is 8.49. The fourth-order valence-electron chi connectivity index (χ4n) is 1.37. The molecule has 8 heteroatoms. The van der Waals surface area contributed by atoms with E-state index in [9.17, 15) is 10.1 Å². The van der Waals surface area contributed by atoms with Gasteiger partial charge in [-0.1, -0.05) is 21.1 Å². The molecule has 0 N–H and O–H groups in total. The van der Waals surface area contributed by atoms with Crippen LogP contribution in [0.1, 0.15) is 17.4 Å². The molecular formula is C10H8Br2N4O2. The average Bonchev–Trinajstić information content (AvgIpc) is 2.77. The van der Waals surface area contributed by atoms with E-state index in [1.54, 1.807) is 23.0 Å². The maximum Gasteiger partial charge on any atom is 0.283 e. The maximum absolute atomic E-state index is 10.7. The van der Waals surface area contributed by atoms with Crippen molar-refractivity contribution in [3.8, 4) is 5.69 Å². The van der Waals surface area contributed by atoms with Crippen LogP contribution in [-0.4, -0.2) is 19.9 Å². The third-order valence-electron chi connectivity index (χ3n) is 2.31. The molecule has 6 nitrogen and oxygen atoms in total. The number of nitro groups is 1. The number of alkyl halides is 1. The average molecular weight is 376 g/mol. The standard InChI is InChI=1S/C10H8Br2N4O2/c1-6(11)9-5-15(14-13-9)7-2-3-10(16(17)18)8(12)4-7/h2-6H,1H3. The first-order valence-electron chi connectivity index (χ1n) is 4.99. The first kappa shape index (κ1) is 13.2. The van der Waals surface area contributed by atoms with Gasteiger partial charge in [-0.2, -0.15) is 0 Å². The van der Waals surface area contributed by atoms with Crippen LogP contribution < -0.4 is 0 Å². The summed E-state index contributed by atoms with van der Waals surface area (Å²) in [5, 5.41) is 18.7. The van der Waals surface area contributed by atoms with Gasteiger partial charge in [0.05, 0.1) is 31.8 Å². The number of nitrogens with zero attached hydrogens (tertiary/aromatic N) is 4. The Hall–Kier alpha value is -1.28. The third kappa shape index (κ3) is 2.59. The molecule has 0 fully saturated rings. The van der Waals surface area contributed by atoms with Crippen LogP contribution in [-0.2, 0) is 0 Å². The van der Waals surface area contributed by atoms with Gasteiger partial charge in [-0.3, -0.25) is 10.1 Å². The molecule has 94 valence electrons. The molecule has 0 spiro atoms. The minimum atomic E-state index is -0.443. The summed E-state index contributed by atoms with van der Waals surface area (Å²) in [4.78, 5) is 10.4. The lowest BCUT2D eigenvalue weighted by atomic mass is 10.3. The van der Waals surface area contributed by atoms with Gasteiger partial charge in [-0.15, -0.1) is 5.10 Å². The van der Waals surface area contributed by atoms with Gasteiger partial charge >= 0.3 is 0 Å². The van der Waals surface area contributed by atoms with Crippen molar-refractivity contribution in [1.29, 1.82) is 0 Å². The molecule has 0 aliphatic heterocycles. The number of rotatable bonds is 3. The zero-order valence-electron chi connectivity index (χ0n) is 9.25. The Morgan fingerprint density at radius 1 is 1.50 bits per heavy atom. The molecule has 0 amide bonds. The molecule has 18 heavy (non-hydrogen) atoms. The number of benzene rings is 1. The number of halogens is 2. The molecule has 0 saturated heterocycles. The van der Waals surface area contributed by atoms with Crippen LogP contribution in [0, 0.1) is 10.1 Å². The molecule has 0 bridgehead atoms. The van der Waals surface area contributed by atoms with Crippen LogP contribution >= 0.6 is 31.9 Å². The fourth-order valence-corrected chi connectivity index (χ4v) is 2.09. The summed E-state index contributed by atoms with van der Waals surface area (Å²) in [6, 6.07) is 4.69. The number of aromatic nitrogens is 3. The van der Waals surface area contributed by atoms with Crippen LogP contribution in [0.4, 0.5) is 5.69 Å². The Morgan fingerprint density at radius 2 is 2.22 bits per heavy atom. The Bertz CT molecular complexity index is 597.